The van der Waals surface area contributed by atoms with Gasteiger partial charge in [-0.15, -0.1) is 0 Å². The van der Waals surface area contributed by atoms with Gasteiger partial charge < -0.3 is 5.32 Å². The smallest absolute Gasteiger partial charge is 0.336 e. The van der Waals surface area contributed by atoms with E-state index < -0.39 is 35.6 Å². The molecule has 0 saturated carbocycles. The summed E-state index contributed by atoms with van der Waals surface area (Å²) in [6.45, 7) is 4.00. The minimum atomic E-state index is -0.889. The molecule has 0 unspecified atom stereocenters. The van der Waals surface area contributed by atoms with Crippen LogP contribution in [0.3, 0.4) is 0 Å². The fraction of sp³-hybridized carbons (Fsp3) is 0.429. The first-order valence-corrected chi connectivity index (χ1v) is 9.90. The summed E-state index contributed by atoms with van der Waals surface area (Å²) in [5.41, 5.74) is 4.90. The molecule has 30 heavy (non-hydrogen) atoms. The van der Waals surface area contributed by atoms with Gasteiger partial charge in [0.15, 0.2) is 0 Å². The molecular formula is C21H28N4O5. The zero-order valence-electron chi connectivity index (χ0n) is 17.1. The molecule has 0 spiro atoms. The summed E-state index contributed by atoms with van der Waals surface area (Å²) in [7, 11) is 0. The van der Waals surface area contributed by atoms with Crippen LogP contribution in [0.2, 0.25) is 0 Å². The van der Waals surface area contributed by atoms with Crippen molar-refractivity contribution in [3.63, 3.8) is 0 Å². The molecular weight excluding hydrogens is 388 g/mol. The lowest BCUT2D eigenvalue weighted by Crippen LogP contribution is -2.59. The summed E-state index contributed by atoms with van der Waals surface area (Å²) in [6, 6.07) is 8.74. The Morgan fingerprint density at radius 3 is 2.47 bits per heavy atom. The van der Waals surface area contributed by atoms with Gasteiger partial charge in [-0.1, -0.05) is 56.3 Å². The van der Waals surface area contributed by atoms with E-state index >= 15 is 0 Å². The second-order valence-corrected chi connectivity index (χ2v) is 7.55. The minimum absolute atomic E-state index is 0.0544. The zero-order valence-corrected chi connectivity index (χ0v) is 17.1. The van der Waals surface area contributed by atoms with Crippen LogP contribution < -0.4 is 16.2 Å². The number of hydrazine groups is 1. The highest BCUT2D eigenvalue weighted by atomic mass is 16.5. The SMILES string of the molecule is CC(C)C[C@@H](C(=O)NN1C(=O)CCNC1=O)[C@H](CC=Cc1ccccc1)C(=O)NO. The third-order valence-electron chi connectivity index (χ3n) is 4.78. The Labute approximate surface area is 175 Å². The normalized spacial score (nSPS) is 16.3. The molecule has 0 aliphatic carbocycles. The Bertz CT molecular complexity index is 778. The molecule has 1 saturated heterocycles. The minimum Gasteiger partial charge on any atom is -0.336 e. The number of nitrogens with one attached hydrogen (secondary N) is 3. The van der Waals surface area contributed by atoms with Crippen molar-refractivity contribution in [2.75, 3.05) is 6.54 Å². The summed E-state index contributed by atoms with van der Waals surface area (Å²) >= 11 is 0. The Morgan fingerprint density at radius 2 is 1.87 bits per heavy atom. The number of imide groups is 1. The van der Waals surface area contributed by atoms with Crippen molar-refractivity contribution in [3.8, 4) is 0 Å². The molecule has 1 aromatic rings. The van der Waals surface area contributed by atoms with E-state index in [1.54, 1.807) is 11.6 Å². The zero-order chi connectivity index (χ0) is 22.1. The maximum Gasteiger partial charge on any atom is 0.343 e. The van der Waals surface area contributed by atoms with E-state index in [-0.39, 0.29) is 25.3 Å². The molecule has 9 nitrogen and oxygen atoms in total. The summed E-state index contributed by atoms with van der Waals surface area (Å²) in [4.78, 5) is 49.2. The number of allylic oxidation sites excluding steroid dienone is 1. The molecule has 1 aliphatic rings. The van der Waals surface area contributed by atoms with E-state index in [1.807, 2.05) is 50.3 Å². The van der Waals surface area contributed by atoms with Gasteiger partial charge in [0.1, 0.15) is 0 Å². The van der Waals surface area contributed by atoms with Crippen LogP contribution in [0.4, 0.5) is 4.79 Å². The second-order valence-electron chi connectivity index (χ2n) is 7.55. The van der Waals surface area contributed by atoms with Crippen LogP contribution in [-0.4, -0.2) is 40.5 Å². The summed E-state index contributed by atoms with van der Waals surface area (Å²) < 4.78 is 0. The highest BCUT2D eigenvalue weighted by Crippen LogP contribution is 2.25. The van der Waals surface area contributed by atoms with Crippen molar-refractivity contribution < 1.29 is 24.4 Å². The van der Waals surface area contributed by atoms with E-state index in [1.165, 1.54) is 0 Å². The molecule has 2 rings (SSSR count). The number of hydrogen-bond donors (Lipinski definition) is 4. The van der Waals surface area contributed by atoms with Crippen LogP contribution in [0, 0.1) is 17.8 Å². The van der Waals surface area contributed by atoms with Gasteiger partial charge >= 0.3 is 6.03 Å². The van der Waals surface area contributed by atoms with E-state index in [9.17, 15) is 24.4 Å². The van der Waals surface area contributed by atoms with Gasteiger partial charge in [-0.3, -0.25) is 25.0 Å². The van der Waals surface area contributed by atoms with E-state index in [0.29, 0.717) is 11.4 Å². The molecule has 9 heteroatoms. The van der Waals surface area contributed by atoms with E-state index in [4.69, 9.17) is 0 Å². The largest absolute Gasteiger partial charge is 0.343 e. The predicted octanol–water partition coefficient (Wildman–Crippen LogP) is 1.85. The van der Waals surface area contributed by atoms with Crippen molar-refractivity contribution in [3.05, 3.63) is 42.0 Å². The number of hydrogen-bond acceptors (Lipinski definition) is 5. The van der Waals surface area contributed by atoms with Gasteiger partial charge in [-0.25, -0.2) is 10.3 Å². The number of hydroxylamine groups is 1. The van der Waals surface area contributed by atoms with E-state index in [2.05, 4.69) is 10.7 Å². The van der Waals surface area contributed by atoms with Crippen LogP contribution in [0.1, 0.15) is 38.7 Å². The van der Waals surface area contributed by atoms with Gasteiger partial charge in [0.05, 0.1) is 11.8 Å². The maximum atomic E-state index is 13.0. The lowest BCUT2D eigenvalue weighted by Gasteiger charge is -2.30. The molecule has 4 N–H and O–H groups in total. The summed E-state index contributed by atoms with van der Waals surface area (Å²) in [6.07, 6.45) is 4.17. The molecule has 2 atom stereocenters. The van der Waals surface area contributed by atoms with Gasteiger partial charge in [0.25, 0.3) is 5.91 Å². The fourth-order valence-electron chi connectivity index (χ4n) is 3.30. The number of amides is 5. The molecule has 1 heterocycles. The monoisotopic (exact) mass is 416 g/mol. The quantitative estimate of drug-likeness (QED) is 0.361. The van der Waals surface area contributed by atoms with E-state index in [0.717, 1.165) is 5.56 Å². The summed E-state index contributed by atoms with van der Waals surface area (Å²) in [5.74, 6) is -3.56. The first-order chi connectivity index (χ1) is 14.3. The lowest BCUT2D eigenvalue weighted by atomic mass is 9.82. The van der Waals surface area contributed by atoms with Crippen LogP contribution in [-0.2, 0) is 14.4 Å². The first-order valence-electron chi connectivity index (χ1n) is 9.90. The highest BCUT2D eigenvalue weighted by molar-refractivity contribution is 5.99. The Hall–Kier alpha value is -3.20. The number of rotatable bonds is 9. The van der Waals surface area contributed by atoms with Crippen molar-refractivity contribution in [2.45, 2.75) is 33.1 Å². The third-order valence-corrected chi connectivity index (χ3v) is 4.78. The predicted molar refractivity (Wildman–Crippen MR) is 109 cm³/mol. The van der Waals surface area contributed by atoms with Gasteiger partial charge in [-0.05, 0) is 24.3 Å². The third kappa shape index (κ3) is 6.41. The van der Waals surface area contributed by atoms with Crippen LogP contribution in [0.15, 0.2) is 36.4 Å². The van der Waals surface area contributed by atoms with Crippen molar-refractivity contribution >= 4 is 29.8 Å². The Balaban J connectivity index is 2.20. The number of carbonyl (C=O) groups is 4. The number of urea groups is 1. The molecule has 1 aliphatic heterocycles. The highest BCUT2D eigenvalue weighted by Gasteiger charge is 2.36. The van der Waals surface area contributed by atoms with Crippen LogP contribution in [0.25, 0.3) is 6.08 Å². The lowest BCUT2D eigenvalue weighted by molar-refractivity contribution is -0.145. The molecule has 0 aromatic heterocycles. The topological polar surface area (TPSA) is 128 Å². The number of nitrogens with zero attached hydrogens (tertiary/aromatic N) is 1. The Kier molecular flexibility index (Phi) is 8.54. The van der Waals surface area contributed by atoms with Gasteiger partial charge in [0.2, 0.25) is 11.8 Å². The standard InChI is InChI=1S/C21H28N4O5/c1-14(2)13-17(19(27)23-25-18(26)11-12-22-21(25)29)16(20(28)24-30)10-6-9-15-7-4-3-5-8-15/h3-9,14,16-17,30H,10-13H2,1-2H3,(H,22,29)(H,23,27)(H,24,28)/t16-,17+/m0/s1. The van der Waals surface area contributed by atoms with Crippen molar-refractivity contribution in [1.82, 2.24) is 21.2 Å². The number of carbonyl (C=O) groups excluding carboxylic acids is 4. The van der Waals surface area contributed by atoms with Crippen molar-refractivity contribution in [1.29, 1.82) is 0 Å². The van der Waals surface area contributed by atoms with Crippen LogP contribution >= 0.6 is 0 Å². The fourth-order valence-corrected chi connectivity index (χ4v) is 3.30. The maximum absolute atomic E-state index is 13.0. The molecule has 1 aromatic carbocycles. The van der Waals surface area contributed by atoms with Crippen molar-refractivity contribution in [2.24, 2.45) is 17.8 Å². The average molecular weight is 416 g/mol. The molecule has 5 amide bonds. The summed E-state index contributed by atoms with van der Waals surface area (Å²) in [5, 5.41) is 12.3. The average Bonchev–Trinajstić information content (AvgIpc) is 2.72. The molecule has 1 fully saturated rings. The van der Waals surface area contributed by atoms with Gasteiger partial charge in [-0.2, -0.15) is 5.01 Å². The molecule has 162 valence electrons. The molecule has 0 radical (unpaired) electrons. The molecule has 0 bridgehead atoms. The number of benzene rings is 1. The van der Waals surface area contributed by atoms with Crippen LogP contribution in [0.5, 0.6) is 0 Å². The second kappa shape index (κ2) is 11.1. The Morgan fingerprint density at radius 1 is 1.17 bits per heavy atom. The van der Waals surface area contributed by atoms with Gasteiger partial charge in [0, 0.05) is 13.0 Å². The first kappa shape index (κ1) is 23.1.